The zero-order valence-electron chi connectivity index (χ0n) is 19.2. The molecule has 0 saturated carbocycles. The normalized spacial score (nSPS) is 10.5. The molecule has 0 aliphatic rings. The highest BCUT2D eigenvalue weighted by atomic mass is 16.2. The quantitative estimate of drug-likeness (QED) is 0.631. The van der Waals surface area contributed by atoms with Crippen LogP contribution in [-0.2, 0) is 13.5 Å². The van der Waals surface area contributed by atoms with E-state index in [-0.39, 0.29) is 17.6 Å². The largest absolute Gasteiger partial charge is 0.354 e. The number of rotatable bonds is 6. The maximum atomic E-state index is 13.0. The van der Waals surface area contributed by atoms with Gasteiger partial charge in [-0.1, -0.05) is 27.7 Å². The lowest BCUT2D eigenvalue weighted by Gasteiger charge is -2.10. The topological polar surface area (TPSA) is 107 Å². The number of amides is 2. The van der Waals surface area contributed by atoms with E-state index in [1.54, 1.807) is 30.2 Å². The van der Waals surface area contributed by atoms with Gasteiger partial charge in [0, 0.05) is 32.1 Å². The van der Waals surface area contributed by atoms with E-state index in [4.69, 9.17) is 0 Å². The highest BCUT2D eigenvalue weighted by Gasteiger charge is 2.18. The van der Waals surface area contributed by atoms with E-state index in [2.05, 4.69) is 39.7 Å². The van der Waals surface area contributed by atoms with Gasteiger partial charge in [-0.3, -0.25) is 19.3 Å². The van der Waals surface area contributed by atoms with E-state index in [1.807, 2.05) is 27.0 Å². The van der Waals surface area contributed by atoms with Crippen molar-refractivity contribution in [3.8, 4) is 5.69 Å². The molecule has 3 heterocycles. The summed E-state index contributed by atoms with van der Waals surface area (Å²) in [5, 5.41) is 13.9. The number of aryl methyl sites for hydroxylation is 2. The molecule has 9 heteroatoms. The van der Waals surface area contributed by atoms with E-state index in [0.717, 1.165) is 12.0 Å². The molecule has 9 nitrogen and oxygen atoms in total. The molecule has 3 aromatic heterocycles. The lowest BCUT2D eigenvalue weighted by atomic mass is 10.1. The average Bonchev–Trinajstić information content (AvgIpc) is 3.34. The van der Waals surface area contributed by atoms with Crippen molar-refractivity contribution in [3.05, 3.63) is 53.2 Å². The molecular formula is C22H31N7O2. The summed E-state index contributed by atoms with van der Waals surface area (Å²) < 4.78 is 3.08. The molecule has 0 bridgehead atoms. The van der Waals surface area contributed by atoms with Crippen LogP contribution in [0.2, 0.25) is 0 Å². The lowest BCUT2D eigenvalue weighted by molar-refractivity contribution is 0.0953. The van der Waals surface area contributed by atoms with Gasteiger partial charge < -0.3 is 10.6 Å². The van der Waals surface area contributed by atoms with Gasteiger partial charge in [0.15, 0.2) is 5.82 Å². The molecule has 2 N–H and O–H groups in total. The van der Waals surface area contributed by atoms with Gasteiger partial charge in [0.1, 0.15) is 5.69 Å². The zero-order chi connectivity index (χ0) is 23.1. The number of hydrogen-bond acceptors (Lipinski definition) is 5. The van der Waals surface area contributed by atoms with Crippen molar-refractivity contribution in [3.63, 3.8) is 0 Å². The number of aromatic nitrogens is 5. The second-order valence-electron chi connectivity index (χ2n) is 7.31. The van der Waals surface area contributed by atoms with Gasteiger partial charge in [-0.25, -0.2) is 4.68 Å². The van der Waals surface area contributed by atoms with Gasteiger partial charge in [-0.05, 0) is 30.9 Å². The molecule has 2 amide bonds. The summed E-state index contributed by atoms with van der Waals surface area (Å²) >= 11 is 0. The number of nitrogens with one attached hydrogen (secondary N) is 2. The molecule has 166 valence electrons. The minimum atomic E-state index is -0.354. The Bertz CT molecular complexity index is 1050. The van der Waals surface area contributed by atoms with Crippen LogP contribution in [0, 0.1) is 12.8 Å². The van der Waals surface area contributed by atoms with E-state index < -0.39 is 0 Å². The maximum Gasteiger partial charge on any atom is 0.269 e. The number of carbonyl (C=O) groups is 2. The minimum absolute atomic E-state index is 0.282. The van der Waals surface area contributed by atoms with E-state index in [0.29, 0.717) is 28.6 Å². The van der Waals surface area contributed by atoms with Crippen LogP contribution < -0.4 is 10.6 Å². The number of nitrogens with zero attached hydrogens (tertiary/aromatic N) is 5. The molecule has 0 unspecified atom stereocenters. The summed E-state index contributed by atoms with van der Waals surface area (Å²) in [5.74, 6) is 0.158. The van der Waals surface area contributed by atoms with Crippen molar-refractivity contribution in [2.24, 2.45) is 13.0 Å². The Morgan fingerprint density at radius 2 is 1.84 bits per heavy atom. The average molecular weight is 426 g/mol. The van der Waals surface area contributed by atoms with Crippen LogP contribution >= 0.6 is 0 Å². The molecule has 0 fully saturated rings. The van der Waals surface area contributed by atoms with Gasteiger partial charge in [0.25, 0.3) is 11.8 Å². The summed E-state index contributed by atoms with van der Waals surface area (Å²) in [4.78, 5) is 29.2. The standard InChI is InChI=1S/C20H25N7O2.C2H6/c1-12(2)6-14-9-23-27(11-14)17-10-22-13(3)7-15(17)19(28)24-18-8-16(20(29)21-4)26(5)25-18;1-2/h7-12H,6H2,1-5H3,(H,21,29)(H,24,25,28);1-2H3. The molecule has 0 saturated heterocycles. The fourth-order valence-electron chi connectivity index (χ4n) is 3.04. The number of carbonyl (C=O) groups excluding carboxylic acids is 2. The Morgan fingerprint density at radius 1 is 1.13 bits per heavy atom. The lowest BCUT2D eigenvalue weighted by Crippen LogP contribution is -2.20. The van der Waals surface area contributed by atoms with Crippen LogP contribution in [0.25, 0.3) is 5.69 Å². The van der Waals surface area contributed by atoms with Crippen molar-refractivity contribution in [1.82, 2.24) is 29.9 Å². The van der Waals surface area contributed by atoms with Crippen LogP contribution in [-0.4, -0.2) is 43.4 Å². The summed E-state index contributed by atoms with van der Waals surface area (Å²) in [6.07, 6.45) is 6.24. The number of hydrogen-bond donors (Lipinski definition) is 2. The van der Waals surface area contributed by atoms with Gasteiger partial charge in [-0.2, -0.15) is 10.2 Å². The first kappa shape index (κ1) is 23.8. The summed E-state index contributed by atoms with van der Waals surface area (Å²) in [5.41, 5.74) is 3.14. The third kappa shape index (κ3) is 5.78. The van der Waals surface area contributed by atoms with Crippen LogP contribution in [0.1, 0.15) is 59.8 Å². The Balaban J connectivity index is 0.00000166. The monoisotopic (exact) mass is 425 g/mol. The third-order valence-electron chi connectivity index (χ3n) is 4.37. The highest BCUT2D eigenvalue weighted by molar-refractivity contribution is 6.06. The summed E-state index contributed by atoms with van der Waals surface area (Å²) in [6.45, 7) is 10.1. The highest BCUT2D eigenvalue weighted by Crippen LogP contribution is 2.18. The first-order chi connectivity index (χ1) is 14.8. The van der Waals surface area contributed by atoms with E-state index >= 15 is 0 Å². The first-order valence-corrected chi connectivity index (χ1v) is 10.4. The predicted molar refractivity (Wildman–Crippen MR) is 121 cm³/mol. The van der Waals surface area contributed by atoms with Crippen molar-refractivity contribution >= 4 is 17.6 Å². The molecule has 0 radical (unpaired) electrons. The van der Waals surface area contributed by atoms with Gasteiger partial charge >= 0.3 is 0 Å². The van der Waals surface area contributed by atoms with Gasteiger partial charge in [-0.15, -0.1) is 0 Å². The summed E-state index contributed by atoms with van der Waals surface area (Å²) in [7, 11) is 3.18. The van der Waals surface area contributed by atoms with Crippen LogP contribution in [0.5, 0.6) is 0 Å². The molecule has 31 heavy (non-hydrogen) atoms. The second kappa shape index (κ2) is 10.5. The maximum absolute atomic E-state index is 13.0. The predicted octanol–water partition coefficient (Wildman–Crippen LogP) is 3.15. The molecule has 0 aromatic carbocycles. The summed E-state index contributed by atoms with van der Waals surface area (Å²) in [6, 6.07) is 3.23. The molecule has 3 aromatic rings. The van der Waals surface area contributed by atoms with Crippen molar-refractivity contribution in [2.45, 2.75) is 41.0 Å². The molecule has 0 atom stereocenters. The minimum Gasteiger partial charge on any atom is -0.354 e. The Kier molecular flexibility index (Phi) is 8.07. The fourth-order valence-corrected chi connectivity index (χ4v) is 3.04. The molecule has 0 aliphatic carbocycles. The number of pyridine rings is 1. The molecule has 0 spiro atoms. The molecule has 0 aliphatic heterocycles. The first-order valence-electron chi connectivity index (χ1n) is 10.4. The SMILES string of the molecule is CC.CNC(=O)c1cc(NC(=O)c2cc(C)ncc2-n2cc(CC(C)C)cn2)nn1C. The van der Waals surface area contributed by atoms with Gasteiger partial charge in [0.2, 0.25) is 0 Å². The molecular weight excluding hydrogens is 394 g/mol. The van der Waals surface area contributed by atoms with Crippen LogP contribution in [0.15, 0.2) is 30.7 Å². The Hall–Kier alpha value is -3.49. The Labute approximate surface area is 182 Å². The smallest absolute Gasteiger partial charge is 0.269 e. The number of anilines is 1. The van der Waals surface area contributed by atoms with Crippen molar-refractivity contribution < 1.29 is 9.59 Å². The third-order valence-corrected chi connectivity index (χ3v) is 4.37. The van der Waals surface area contributed by atoms with Gasteiger partial charge in [0.05, 0.1) is 23.6 Å². The van der Waals surface area contributed by atoms with Crippen molar-refractivity contribution in [2.75, 3.05) is 12.4 Å². The zero-order valence-corrected chi connectivity index (χ0v) is 19.2. The van der Waals surface area contributed by atoms with E-state index in [9.17, 15) is 9.59 Å². The van der Waals surface area contributed by atoms with Crippen molar-refractivity contribution in [1.29, 1.82) is 0 Å². The Morgan fingerprint density at radius 3 is 2.48 bits per heavy atom. The van der Waals surface area contributed by atoms with E-state index in [1.165, 1.54) is 17.8 Å². The fraction of sp³-hybridized carbons (Fsp3) is 0.409. The molecule has 3 rings (SSSR count). The van der Waals surface area contributed by atoms with Crippen LogP contribution in [0.3, 0.4) is 0 Å². The second-order valence-corrected chi connectivity index (χ2v) is 7.31. The van der Waals surface area contributed by atoms with Crippen LogP contribution in [0.4, 0.5) is 5.82 Å².